The fraction of sp³-hybridized carbons (Fsp3) is 0.333. The maximum Gasteiger partial charge on any atom is 0.329 e. The fourth-order valence-electron chi connectivity index (χ4n) is 4.09. The van der Waals surface area contributed by atoms with Gasteiger partial charge in [0.1, 0.15) is 18.1 Å². The first-order valence-electron chi connectivity index (χ1n) is 10.6. The summed E-state index contributed by atoms with van der Waals surface area (Å²) in [5.41, 5.74) is 1.58. The molecule has 0 atom stereocenters. The quantitative estimate of drug-likeness (QED) is 0.471. The molecule has 1 aliphatic carbocycles. The van der Waals surface area contributed by atoms with E-state index in [9.17, 15) is 14.0 Å². The highest BCUT2D eigenvalue weighted by Crippen LogP contribution is 2.38. The number of carbonyl (C=O) groups excluding carboxylic acids is 2. The van der Waals surface area contributed by atoms with E-state index in [4.69, 9.17) is 21.1 Å². The molecule has 1 saturated heterocycles. The molecule has 2 aromatic carbocycles. The molecule has 32 heavy (non-hydrogen) atoms. The van der Waals surface area contributed by atoms with Crippen molar-refractivity contribution in [2.45, 2.75) is 44.8 Å². The zero-order valence-electron chi connectivity index (χ0n) is 17.7. The number of ether oxygens (including phenoxy) is 2. The van der Waals surface area contributed by atoms with Crippen molar-refractivity contribution in [3.8, 4) is 11.5 Å². The molecule has 3 amide bonds. The van der Waals surface area contributed by atoms with Crippen LogP contribution in [0.4, 0.5) is 9.18 Å². The third kappa shape index (κ3) is 4.72. The van der Waals surface area contributed by atoms with Gasteiger partial charge in [0.15, 0.2) is 11.5 Å². The van der Waals surface area contributed by atoms with Gasteiger partial charge in [0.05, 0.1) is 12.1 Å². The summed E-state index contributed by atoms with van der Waals surface area (Å²) in [5.74, 6) is 0.0737. The number of rotatable bonds is 6. The van der Waals surface area contributed by atoms with E-state index >= 15 is 0 Å². The number of hydrogen-bond donors (Lipinski definition) is 1. The third-order valence-corrected chi connectivity index (χ3v) is 5.99. The Labute approximate surface area is 190 Å². The third-order valence-electron chi connectivity index (χ3n) is 5.71. The number of hydrogen-bond acceptors (Lipinski definition) is 4. The predicted octanol–water partition coefficient (Wildman–Crippen LogP) is 5.29. The zero-order chi connectivity index (χ0) is 22.7. The molecule has 0 bridgehead atoms. The van der Waals surface area contributed by atoms with E-state index < -0.39 is 0 Å². The van der Waals surface area contributed by atoms with Gasteiger partial charge in [-0.2, -0.15) is 0 Å². The number of carbonyl (C=O) groups is 2. The van der Waals surface area contributed by atoms with Gasteiger partial charge in [-0.1, -0.05) is 43.0 Å². The standard InChI is InChI=1S/C24H24ClFN2O4/c1-31-21-13-16(11-19(25)22(21)32-14-15-7-9-17(26)10-8-15)12-20-23(29)28(24(30)27-20)18-5-3-2-4-6-18/h7-13,18H,2-6,14H2,1H3,(H,27,30)/b20-12-. The Morgan fingerprint density at radius 3 is 2.56 bits per heavy atom. The number of imide groups is 1. The van der Waals surface area contributed by atoms with Crippen LogP contribution < -0.4 is 14.8 Å². The number of urea groups is 1. The Morgan fingerprint density at radius 2 is 1.88 bits per heavy atom. The molecule has 8 heteroatoms. The Bertz CT molecular complexity index is 1050. The molecule has 4 rings (SSSR count). The summed E-state index contributed by atoms with van der Waals surface area (Å²) in [5, 5.41) is 2.97. The predicted molar refractivity (Wildman–Crippen MR) is 119 cm³/mol. The van der Waals surface area contributed by atoms with Crippen molar-refractivity contribution in [1.82, 2.24) is 10.2 Å². The first-order valence-corrected chi connectivity index (χ1v) is 10.9. The molecule has 1 aliphatic heterocycles. The maximum atomic E-state index is 13.1. The lowest BCUT2D eigenvalue weighted by atomic mass is 9.94. The molecule has 6 nitrogen and oxygen atoms in total. The van der Waals surface area contributed by atoms with Crippen LogP contribution >= 0.6 is 11.6 Å². The average Bonchev–Trinajstić information content (AvgIpc) is 3.07. The van der Waals surface area contributed by atoms with Crippen LogP contribution in [0.2, 0.25) is 5.02 Å². The largest absolute Gasteiger partial charge is 0.493 e. The molecule has 2 fully saturated rings. The second kappa shape index (κ2) is 9.61. The van der Waals surface area contributed by atoms with E-state index in [1.807, 2.05) is 0 Å². The molecule has 168 valence electrons. The SMILES string of the molecule is COc1cc(/C=C2\NC(=O)N(C3CCCCC3)C2=O)cc(Cl)c1OCc1ccc(F)cc1. The molecular formula is C24H24ClFN2O4. The highest BCUT2D eigenvalue weighted by Gasteiger charge is 2.39. The lowest BCUT2D eigenvalue weighted by molar-refractivity contribution is -0.124. The van der Waals surface area contributed by atoms with Gasteiger partial charge in [-0.3, -0.25) is 9.69 Å². The number of methoxy groups -OCH3 is 1. The van der Waals surface area contributed by atoms with Crippen LogP contribution in [0.3, 0.4) is 0 Å². The number of benzene rings is 2. The van der Waals surface area contributed by atoms with Crippen LogP contribution in [0.15, 0.2) is 42.1 Å². The van der Waals surface area contributed by atoms with E-state index in [2.05, 4.69) is 5.32 Å². The monoisotopic (exact) mass is 458 g/mol. The second-order valence-electron chi connectivity index (χ2n) is 7.90. The second-order valence-corrected chi connectivity index (χ2v) is 8.31. The van der Waals surface area contributed by atoms with Crippen LogP contribution in [0.1, 0.15) is 43.2 Å². The van der Waals surface area contributed by atoms with Gasteiger partial charge in [0.25, 0.3) is 5.91 Å². The van der Waals surface area contributed by atoms with Crippen LogP contribution in [-0.4, -0.2) is 30.0 Å². The van der Waals surface area contributed by atoms with Gasteiger partial charge in [0, 0.05) is 6.04 Å². The first kappa shape index (κ1) is 22.1. The Balaban J connectivity index is 1.53. The minimum absolute atomic E-state index is 0.0532. The van der Waals surface area contributed by atoms with Gasteiger partial charge >= 0.3 is 6.03 Å². The summed E-state index contributed by atoms with van der Waals surface area (Å²) < 4.78 is 24.3. The lowest BCUT2D eigenvalue weighted by Crippen LogP contribution is -2.41. The van der Waals surface area contributed by atoms with Crippen molar-refractivity contribution in [3.63, 3.8) is 0 Å². The van der Waals surface area contributed by atoms with Crippen molar-refractivity contribution in [3.05, 3.63) is 64.1 Å². The van der Waals surface area contributed by atoms with Crippen molar-refractivity contribution in [1.29, 1.82) is 0 Å². The molecule has 0 spiro atoms. The van der Waals surface area contributed by atoms with Crippen LogP contribution in [0.5, 0.6) is 11.5 Å². The van der Waals surface area contributed by atoms with Gasteiger partial charge in [-0.05, 0) is 54.3 Å². The molecule has 0 aromatic heterocycles. The minimum Gasteiger partial charge on any atom is -0.493 e. The Hall–Kier alpha value is -3.06. The van der Waals surface area contributed by atoms with Crippen molar-refractivity contribution >= 4 is 29.6 Å². The van der Waals surface area contributed by atoms with Crippen LogP contribution in [0, 0.1) is 5.82 Å². The summed E-state index contributed by atoms with van der Waals surface area (Å²) in [6.07, 6.45) is 6.44. The van der Waals surface area contributed by atoms with Crippen molar-refractivity contribution < 1.29 is 23.5 Å². The van der Waals surface area contributed by atoms with Crippen molar-refractivity contribution in [2.75, 3.05) is 7.11 Å². The number of nitrogens with one attached hydrogen (secondary N) is 1. The summed E-state index contributed by atoms with van der Waals surface area (Å²) >= 11 is 6.43. The lowest BCUT2D eigenvalue weighted by Gasteiger charge is -2.28. The van der Waals surface area contributed by atoms with Gasteiger partial charge in [-0.25, -0.2) is 9.18 Å². The van der Waals surface area contributed by atoms with E-state index in [-0.39, 0.29) is 36.1 Å². The molecule has 1 heterocycles. The Morgan fingerprint density at radius 1 is 1.16 bits per heavy atom. The van der Waals surface area contributed by atoms with E-state index in [1.54, 1.807) is 30.3 Å². The first-order chi connectivity index (χ1) is 15.5. The molecule has 1 N–H and O–H groups in total. The summed E-state index contributed by atoms with van der Waals surface area (Å²) in [7, 11) is 1.49. The maximum absolute atomic E-state index is 13.1. The number of halogens is 2. The van der Waals surface area contributed by atoms with E-state index in [0.717, 1.165) is 37.7 Å². The smallest absolute Gasteiger partial charge is 0.329 e. The molecular weight excluding hydrogens is 435 g/mol. The van der Waals surface area contributed by atoms with Gasteiger partial charge < -0.3 is 14.8 Å². The average molecular weight is 459 g/mol. The highest BCUT2D eigenvalue weighted by atomic mass is 35.5. The zero-order valence-corrected chi connectivity index (χ0v) is 18.5. The summed E-state index contributed by atoms with van der Waals surface area (Å²) in [6.45, 7) is 0.182. The minimum atomic E-state index is -0.384. The highest BCUT2D eigenvalue weighted by molar-refractivity contribution is 6.32. The summed E-state index contributed by atoms with van der Waals surface area (Å²) in [4.78, 5) is 26.6. The molecule has 2 aliphatic rings. The van der Waals surface area contributed by atoms with E-state index in [1.165, 1.54) is 24.1 Å². The van der Waals surface area contributed by atoms with Crippen LogP contribution in [-0.2, 0) is 11.4 Å². The van der Waals surface area contributed by atoms with Gasteiger partial charge in [0.2, 0.25) is 0 Å². The fourth-order valence-corrected chi connectivity index (χ4v) is 4.36. The topological polar surface area (TPSA) is 67.9 Å². The molecule has 0 radical (unpaired) electrons. The van der Waals surface area contributed by atoms with E-state index in [0.29, 0.717) is 22.1 Å². The van der Waals surface area contributed by atoms with Crippen LogP contribution in [0.25, 0.3) is 6.08 Å². The summed E-state index contributed by atoms with van der Waals surface area (Å²) in [6, 6.07) is 8.85. The van der Waals surface area contributed by atoms with Gasteiger partial charge in [-0.15, -0.1) is 0 Å². The molecule has 1 saturated carbocycles. The van der Waals surface area contributed by atoms with Crippen molar-refractivity contribution in [2.24, 2.45) is 0 Å². The normalized spacial score (nSPS) is 18.2. The Kier molecular flexibility index (Phi) is 6.65. The molecule has 2 aromatic rings. The number of nitrogens with zero attached hydrogens (tertiary/aromatic N) is 1. The number of amides is 3. The molecule has 0 unspecified atom stereocenters.